The second-order valence-corrected chi connectivity index (χ2v) is 5.90. The van der Waals surface area contributed by atoms with E-state index in [0.29, 0.717) is 49.1 Å². The van der Waals surface area contributed by atoms with Crippen molar-refractivity contribution in [2.75, 3.05) is 18.0 Å². The van der Waals surface area contributed by atoms with Gasteiger partial charge in [-0.3, -0.25) is 4.99 Å². The fourth-order valence-corrected chi connectivity index (χ4v) is 2.88. The lowest BCUT2D eigenvalue weighted by molar-refractivity contribution is 0.588. The maximum Gasteiger partial charge on any atom is 0.187 e. The van der Waals surface area contributed by atoms with Crippen molar-refractivity contribution in [2.24, 2.45) is 25.9 Å². The minimum absolute atomic E-state index is 0.0212. The van der Waals surface area contributed by atoms with Gasteiger partial charge in [-0.15, -0.1) is 5.11 Å². The van der Waals surface area contributed by atoms with Gasteiger partial charge in [-0.05, 0) is 19.8 Å². The van der Waals surface area contributed by atoms with Gasteiger partial charge in [0, 0.05) is 19.5 Å². The lowest BCUT2D eigenvalue weighted by Crippen LogP contribution is -2.25. The maximum atomic E-state index is 14.4. The molecule has 0 aliphatic carbocycles. The van der Waals surface area contributed by atoms with E-state index in [9.17, 15) is 4.39 Å². The van der Waals surface area contributed by atoms with Crippen LogP contribution in [0.25, 0.3) is 0 Å². The van der Waals surface area contributed by atoms with E-state index in [1.54, 1.807) is 6.92 Å². The van der Waals surface area contributed by atoms with Gasteiger partial charge in [0.05, 0.1) is 17.6 Å². The van der Waals surface area contributed by atoms with Crippen molar-refractivity contribution in [2.45, 2.75) is 45.3 Å². The molecule has 24 heavy (non-hydrogen) atoms. The first-order valence-corrected chi connectivity index (χ1v) is 8.08. The van der Waals surface area contributed by atoms with Crippen LogP contribution in [0.4, 0.5) is 10.2 Å². The van der Waals surface area contributed by atoms with Gasteiger partial charge >= 0.3 is 0 Å². The van der Waals surface area contributed by atoms with Crippen LogP contribution < -0.4 is 10.6 Å². The summed E-state index contributed by atoms with van der Waals surface area (Å²) in [6, 6.07) is 0.0212. The summed E-state index contributed by atoms with van der Waals surface area (Å²) in [7, 11) is 0. The third-order valence-corrected chi connectivity index (χ3v) is 4.05. The first kappa shape index (κ1) is 16.4. The summed E-state index contributed by atoms with van der Waals surface area (Å²) in [6.45, 7) is 4.95. The van der Waals surface area contributed by atoms with E-state index in [4.69, 9.17) is 5.73 Å². The van der Waals surface area contributed by atoms with Crippen molar-refractivity contribution in [1.82, 2.24) is 9.97 Å². The highest BCUT2D eigenvalue weighted by Gasteiger charge is 2.26. The normalized spacial score (nSPS) is 23.9. The van der Waals surface area contributed by atoms with Gasteiger partial charge in [0.25, 0.3) is 0 Å². The Kier molecular flexibility index (Phi) is 4.77. The Morgan fingerprint density at radius 2 is 2.29 bits per heavy atom. The van der Waals surface area contributed by atoms with E-state index < -0.39 is 0 Å². The van der Waals surface area contributed by atoms with Crippen molar-refractivity contribution in [1.29, 1.82) is 0 Å². The molecule has 0 bridgehead atoms. The zero-order valence-electron chi connectivity index (χ0n) is 13.9. The predicted octanol–water partition coefficient (Wildman–Crippen LogP) is 1.71. The third-order valence-electron chi connectivity index (χ3n) is 4.05. The highest BCUT2D eigenvalue weighted by molar-refractivity contribution is 5.84. The molecular formula is C15H21FN8. The van der Waals surface area contributed by atoms with Gasteiger partial charge in [-0.1, -0.05) is 6.92 Å². The summed E-state index contributed by atoms with van der Waals surface area (Å²) < 4.78 is 14.4. The number of nitrogens with zero attached hydrogens (tertiary/aromatic N) is 7. The van der Waals surface area contributed by atoms with Gasteiger partial charge in [0.2, 0.25) is 0 Å². The first-order valence-electron chi connectivity index (χ1n) is 8.08. The largest absolute Gasteiger partial charge is 0.387 e. The Hall–Kier alpha value is -2.45. The average molecular weight is 332 g/mol. The number of anilines is 1. The van der Waals surface area contributed by atoms with Crippen LogP contribution in [-0.4, -0.2) is 46.9 Å². The van der Waals surface area contributed by atoms with Crippen molar-refractivity contribution in [3.8, 4) is 0 Å². The lowest BCUT2D eigenvalue weighted by Gasteiger charge is -2.18. The molecule has 0 unspecified atom stereocenters. The number of aryl methyl sites for hydroxylation is 1. The molecule has 0 spiro atoms. The maximum absolute atomic E-state index is 14.4. The number of aliphatic imine (C=N–C) groups is 2. The lowest BCUT2D eigenvalue weighted by atomic mass is 10.2. The van der Waals surface area contributed by atoms with Gasteiger partial charge in [0.1, 0.15) is 12.2 Å². The van der Waals surface area contributed by atoms with Crippen LogP contribution in [0.5, 0.6) is 0 Å². The Morgan fingerprint density at radius 3 is 3.00 bits per heavy atom. The molecule has 0 saturated carbocycles. The Labute approximate surface area is 139 Å². The van der Waals surface area contributed by atoms with Crippen molar-refractivity contribution >= 4 is 17.5 Å². The minimum atomic E-state index is -0.339. The molecule has 1 saturated heterocycles. The Morgan fingerprint density at radius 1 is 1.46 bits per heavy atom. The Balaban J connectivity index is 1.63. The van der Waals surface area contributed by atoms with E-state index in [1.165, 1.54) is 6.33 Å². The molecule has 1 aromatic rings. The van der Waals surface area contributed by atoms with E-state index >= 15 is 0 Å². The molecule has 0 radical (unpaired) electrons. The number of hydrogen-bond donors (Lipinski definition) is 1. The molecule has 0 aromatic carbocycles. The van der Waals surface area contributed by atoms with Crippen molar-refractivity contribution in [3.05, 3.63) is 17.8 Å². The Bertz CT molecular complexity index is 699. The third kappa shape index (κ3) is 3.55. The van der Waals surface area contributed by atoms with E-state index in [2.05, 4.69) is 30.2 Å². The van der Waals surface area contributed by atoms with Crippen LogP contribution in [0.15, 0.2) is 26.5 Å². The smallest absolute Gasteiger partial charge is 0.187 e. The molecule has 3 heterocycles. The average Bonchev–Trinajstić information content (AvgIpc) is 3.17. The summed E-state index contributed by atoms with van der Waals surface area (Å²) in [5.41, 5.74) is 6.44. The van der Waals surface area contributed by atoms with Crippen molar-refractivity contribution < 1.29 is 4.39 Å². The number of azo groups is 1. The molecule has 1 fully saturated rings. The van der Waals surface area contributed by atoms with Crippen LogP contribution >= 0.6 is 0 Å². The quantitative estimate of drug-likeness (QED) is 0.654. The molecule has 8 nitrogen and oxygen atoms in total. The highest BCUT2D eigenvalue weighted by atomic mass is 19.1. The van der Waals surface area contributed by atoms with Gasteiger partial charge < -0.3 is 10.6 Å². The molecule has 1 aromatic heterocycles. The molecule has 2 N–H and O–H groups in total. The molecular weight excluding hydrogens is 311 g/mol. The minimum Gasteiger partial charge on any atom is -0.387 e. The summed E-state index contributed by atoms with van der Waals surface area (Å²) in [4.78, 5) is 18.7. The SMILES string of the molecule is CCc1ncnc(N2CC[C@@H](N=C(N)C[C@H]3N=NC(C)=N3)C2)c1F. The predicted molar refractivity (Wildman–Crippen MR) is 90.0 cm³/mol. The van der Waals surface area contributed by atoms with Crippen molar-refractivity contribution in [3.63, 3.8) is 0 Å². The summed E-state index contributed by atoms with van der Waals surface area (Å²) in [6.07, 6.45) is 2.95. The molecule has 0 amide bonds. The van der Waals surface area contributed by atoms with Gasteiger partial charge in [-0.2, -0.15) is 5.11 Å². The number of hydrogen-bond acceptors (Lipinski definition) is 7. The molecule has 2 atom stereocenters. The fourth-order valence-electron chi connectivity index (χ4n) is 2.88. The monoisotopic (exact) mass is 332 g/mol. The second-order valence-electron chi connectivity index (χ2n) is 5.90. The molecule has 128 valence electrons. The fraction of sp³-hybridized carbons (Fsp3) is 0.600. The summed E-state index contributed by atoms with van der Waals surface area (Å²) >= 11 is 0. The molecule has 2 aliphatic heterocycles. The zero-order valence-corrected chi connectivity index (χ0v) is 13.9. The number of nitrogens with two attached hydrogens (primary N) is 1. The van der Waals surface area contributed by atoms with Crippen LogP contribution in [-0.2, 0) is 6.42 Å². The number of aromatic nitrogens is 2. The highest BCUT2D eigenvalue weighted by Crippen LogP contribution is 2.24. The van der Waals surface area contributed by atoms with Crippen LogP contribution in [0, 0.1) is 5.82 Å². The van der Waals surface area contributed by atoms with E-state index in [1.807, 2.05) is 11.8 Å². The van der Waals surface area contributed by atoms with E-state index in [-0.39, 0.29) is 18.0 Å². The molecule has 9 heteroatoms. The number of halogens is 1. The number of amidine groups is 2. The van der Waals surface area contributed by atoms with E-state index in [0.717, 1.165) is 6.42 Å². The van der Waals surface area contributed by atoms with Gasteiger partial charge in [-0.25, -0.2) is 19.4 Å². The standard InChI is InChI=1S/C15H21FN8/c1-3-11-14(16)15(19-8-18-11)24-5-4-10(7-24)21-12(17)6-13-20-9(2)22-23-13/h8,10,13H,3-7H2,1-2H3,(H2,17,21)/t10-,13-/m1/s1. The molecule has 2 aliphatic rings. The van der Waals surface area contributed by atoms with Crippen LogP contribution in [0.1, 0.15) is 32.4 Å². The van der Waals surface area contributed by atoms with Crippen LogP contribution in [0.3, 0.4) is 0 Å². The zero-order chi connectivity index (χ0) is 17.1. The van der Waals surface area contributed by atoms with Gasteiger partial charge in [0.15, 0.2) is 17.8 Å². The summed E-state index contributed by atoms with van der Waals surface area (Å²) in [5, 5.41) is 7.89. The first-order chi connectivity index (χ1) is 11.6. The second kappa shape index (κ2) is 6.98. The summed E-state index contributed by atoms with van der Waals surface area (Å²) in [5.74, 6) is 1.17. The topological polar surface area (TPSA) is 104 Å². The number of rotatable bonds is 5. The molecule has 3 rings (SSSR count). The van der Waals surface area contributed by atoms with Crippen LogP contribution in [0.2, 0.25) is 0 Å².